The molecule has 0 aliphatic carbocycles. The molecule has 2 heterocycles. The van der Waals surface area contributed by atoms with Crippen molar-refractivity contribution in [3.8, 4) is 28.2 Å². The van der Waals surface area contributed by atoms with Crippen LogP contribution in [-0.2, 0) is 0 Å². The summed E-state index contributed by atoms with van der Waals surface area (Å²) in [5.74, 6) is 1.46. The Morgan fingerprint density at radius 2 is 1.92 bits per heavy atom. The minimum absolute atomic E-state index is 0.435. The quantitative estimate of drug-likeness (QED) is 0.464. The van der Waals surface area contributed by atoms with E-state index in [4.69, 9.17) is 9.15 Å². The second kappa shape index (κ2) is 7.06. The number of oxazole rings is 1. The predicted octanol–water partition coefficient (Wildman–Crippen LogP) is 6.13. The lowest BCUT2D eigenvalue weighted by atomic mass is 10.1. The minimum atomic E-state index is 0.435. The second-order valence-electron chi connectivity index (χ2n) is 5.95. The van der Waals surface area contributed by atoms with Crippen LogP contribution in [-0.4, -0.2) is 12.1 Å². The fraction of sp³-hybridized carbons (Fsp3) is 0.0952. The Morgan fingerprint density at radius 1 is 1.04 bits per heavy atom. The van der Waals surface area contributed by atoms with Crippen LogP contribution in [0.1, 0.15) is 5.56 Å². The van der Waals surface area contributed by atoms with Gasteiger partial charge in [-0.3, -0.25) is 0 Å². The van der Waals surface area contributed by atoms with Gasteiger partial charge in [0.15, 0.2) is 5.76 Å². The molecule has 2 aromatic carbocycles. The van der Waals surface area contributed by atoms with Gasteiger partial charge in [-0.1, -0.05) is 24.3 Å². The summed E-state index contributed by atoms with van der Waals surface area (Å²) in [7, 11) is 1.65. The van der Waals surface area contributed by atoms with Gasteiger partial charge in [0, 0.05) is 5.56 Å². The number of ether oxygens (including phenoxy) is 1. The average Bonchev–Trinajstić information content (AvgIpc) is 3.34. The van der Waals surface area contributed by atoms with Gasteiger partial charge in [0.1, 0.15) is 5.75 Å². The lowest BCUT2D eigenvalue weighted by Crippen LogP contribution is -1.95. The lowest BCUT2D eigenvalue weighted by molar-refractivity contribution is 0.416. The van der Waals surface area contributed by atoms with Crippen molar-refractivity contribution >= 4 is 23.0 Å². The smallest absolute Gasteiger partial charge is 0.299 e. The second-order valence-corrected chi connectivity index (χ2v) is 6.73. The molecule has 0 atom stereocenters. The molecule has 0 radical (unpaired) electrons. The van der Waals surface area contributed by atoms with Crippen molar-refractivity contribution in [1.29, 1.82) is 0 Å². The van der Waals surface area contributed by atoms with E-state index in [1.165, 1.54) is 5.56 Å². The van der Waals surface area contributed by atoms with E-state index in [0.717, 1.165) is 33.9 Å². The molecular weight excluding hydrogens is 344 g/mol. The molecule has 1 N–H and O–H groups in total. The van der Waals surface area contributed by atoms with Crippen LogP contribution >= 0.6 is 11.3 Å². The molecule has 5 heteroatoms. The van der Waals surface area contributed by atoms with E-state index in [1.807, 2.05) is 37.3 Å². The lowest BCUT2D eigenvalue weighted by Gasteiger charge is -2.09. The Labute approximate surface area is 156 Å². The van der Waals surface area contributed by atoms with Crippen LogP contribution in [0.5, 0.6) is 5.75 Å². The van der Waals surface area contributed by atoms with Crippen molar-refractivity contribution in [2.24, 2.45) is 0 Å². The van der Waals surface area contributed by atoms with Crippen LogP contribution in [0.4, 0.5) is 11.7 Å². The van der Waals surface area contributed by atoms with Crippen LogP contribution in [0.3, 0.4) is 0 Å². The van der Waals surface area contributed by atoms with Crippen molar-refractivity contribution < 1.29 is 9.15 Å². The van der Waals surface area contributed by atoms with E-state index >= 15 is 0 Å². The third kappa shape index (κ3) is 3.34. The van der Waals surface area contributed by atoms with E-state index in [1.54, 1.807) is 24.6 Å². The molecule has 0 bridgehead atoms. The van der Waals surface area contributed by atoms with E-state index in [0.29, 0.717) is 6.01 Å². The largest absolute Gasteiger partial charge is 0.495 e. The summed E-state index contributed by atoms with van der Waals surface area (Å²) in [5.41, 5.74) is 5.32. The Hall–Kier alpha value is -3.05. The number of anilines is 2. The maximum Gasteiger partial charge on any atom is 0.299 e. The van der Waals surface area contributed by atoms with Crippen molar-refractivity contribution in [2.75, 3.05) is 12.4 Å². The zero-order chi connectivity index (χ0) is 17.9. The molecular formula is C21H18N2O2S. The van der Waals surface area contributed by atoms with Gasteiger partial charge >= 0.3 is 0 Å². The fourth-order valence-electron chi connectivity index (χ4n) is 2.78. The number of aromatic nitrogens is 1. The monoisotopic (exact) mass is 362 g/mol. The molecule has 26 heavy (non-hydrogen) atoms. The number of hydrogen-bond donors (Lipinski definition) is 1. The Kier molecular flexibility index (Phi) is 4.46. The van der Waals surface area contributed by atoms with Crippen molar-refractivity contribution in [3.05, 3.63) is 71.1 Å². The fourth-order valence-corrected chi connectivity index (χ4v) is 3.45. The third-order valence-electron chi connectivity index (χ3n) is 4.10. The molecule has 0 amide bonds. The SMILES string of the molecule is COc1ccc(C)cc1Nc1ncc(-c2cccc(-c3ccsc3)c2)o1. The van der Waals surface area contributed by atoms with E-state index in [2.05, 4.69) is 39.3 Å². The standard InChI is InChI=1S/C21H18N2O2S/c1-14-6-7-19(24-2)18(10-14)23-21-22-12-20(25-21)16-5-3-4-15(11-16)17-8-9-26-13-17/h3-13H,1-2H3,(H,22,23). The maximum atomic E-state index is 5.91. The van der Waals surface area contributed by atoms with Gasteiger partial charge in [-0.25, -0.2) is 4.98 Å². The summed E-state index contributed by atoms with van der Waals surface area (Å²) in [4.78, 5) is 4.35. The van der Waals surface area contributed by atoms with Gasteiger partial charge in [-0.05, 0) is 58.6 Å². The Balaban J connectivity index is 1.61. The zero-order valence-electron chi connectivity index (χ0n) is 14.5. The van der Waals surface area contributed by atoms with Crippen LogP contribution in [0, 0.1) is 6.92 Å². The van der Waals surface area contributed by atoms with Gasteiger partial charge < -0.3 is 14.5 Å². The molecule has 0 unspecified atom stereocenters. The molecule has 0 spiro atoms. The molecule has 0 saturated heterocycles. The molecule has 0 aliphatic rings. The van der Waals surface area contributed by atoms with Gasteiger partial charge in [-0.2, -0.15) is 11.3 Å². The highest BCUT2D eigenvalue weighted by molar-refractivity contribution is 7.08. The maximum absolute atomic E-state index is 5.91. The molecule has 4 rings (SSSR count). The molecule has 4 nitrogen and oxygen atoms in total. The first-order valence-electron chi connectivity index (χ1n) is 8.23. The summed E-state index contributed by atoms with van der Waals surface area (Å²) >= 11 is 1.69. The van der Waals surface area contributed by atoms with Gasteiger partial charge in [0.05, 0.1) is 19.0 Å². The minimum Gasteiger partial charge on any atom is -0.495 e. The number of methoxy groups -OCH3 is 1. The topological polar surface area (TPSA) is 47.3 Å². The van der Waals surface area contributed by atoms with Crippen molar-refractivity contribution in [3.63, 3.8) is 0 Å². The highest BCUT2D eigenvalue weighted by Gasteiger charge is 2.10. The van der Waals surface area contributed by atoms with Crippen molar-refractivity contribution in [2.45, 2.75) is 6.92 Å². The highest BCUT2D eigenvalue weighted by atomic mass is 32.1. The predicted molar refractivity (Wildman–Crippen MR) is 106 cm³/mol. The number of rotatable bonds is 5. The molecule has 130 valence electrons. The summed E-state index contributed by atoms with van der Waals surface area (Å²) < 4.78 is 11.3. The van der Waals surface area contributed by atoms with Crippen LogP contribution in [0.15, 0.2) is 69.9 Å². The Bertz CT molecular complexity index is 1020. The van der Waals surface area contributed by atoms with E-state index in [9.17, 15) is 0 Å². The average molecular weight is 362 g/mol. The zero-order valence-corrected chi connectivity index (χ0v) is 15.3. The normalized spacial score (nSPS) is 10.7. The number of benzene rings is 2. The number of nitrogens with one attached hydrogen (secondary N) is 1. The highest BCUT2D eigenvalue weighted by Crippen LogP contribution is 2.32. The molecule has 0 saturated carbocycles. The van der Waals surface area contributed by atoms with Crippen LogP contribution in [0.25, 0.3) is 22.5 Å². The molecule has 4 aromatic rings. The van der Waals surface area contributed by atoms with Gasteiger partial charge in [0.25, 0.3) is 6.01 Å². The summed E-state index contributed by atoms with van der Waals surface area (Å²) in [6, 6.07) is 16.7. The van der Waals surface area contributed by atoms with Gasteiger partial charge in [0.2, 0.25) is 0 Å². The summed E-state index contributed by atoms with van der Waals surface area (Å²) in [6.45, 7) is 2.03. The van der Waals surface area contributed by atoms with Crippen molar-refractivity contribution in [1.82, 2.24) is 4.98 Å². The van der Waals surface area contributed by atoms with E-state index in [-0.39, 0.29) is 0 Å². The number of hydrogen-bond acceptors (Lipinski definition) is 5. The third-order valence-corrected chi connectivity index (χ3v) is 4.79. The van der Waals surface area contributed by atoms with Gasteiger partial charge in [-0.15, -0.1) is 0 Å². The first-order chi connectivity index (χ1) is 12.7. The van der Waals surface area contributed by atoms with Crippen LogP contribution < -0.4 is 10.1 Å². The number of thiophene rings is 1. The first-order valence-corrected chi connectivity index (χ1v) is 9.18. The molecule has 0 fully saturated rings. The molecule has 2 aromatic heterocycles. The number of aryl methyl sites for hydroxylation is 1. The summed E-state index contributed by atoms with van der Waals surface area (Å²) in [5, 5.41) is 7.41. The first kappa shape index (κ1) is 16.4. The van der Waals surface area contributed by atoms with Crippen LogP contribution in [0.2, 0.25) is 0 Å². The molecule has 0 aliphatic heterocycles. The Morgan fingerprint density at radius 3 is 2.73 bits per heavy atom. The summed E-state index contributed by atoms with van der Waals surface area (Å²) in [6.07, 6.45) is 1.73. The van der Waals surface area contributed by atoms with E-state index < -0.39 is 0 Å². The number of nitrogens with zero attached hydrogens (tertiary/aromatic N) is 1.